The van der Waals surface area contributed by atoms with Crippen molar-refractivity contribution in [2.45, 2.75) is 83.8 Å². The number of rotatable bonds is 13. The highest BCUT2D eigenvalue weighted by Gasteiger charge is 2.20. The number of hydrogen-bond donors (Lipinski definition) is 2. The molecule has 0 saturated heterocycles. The van der Waals surface area contributed by atoms with Crippen molar-refractivity contribution in [2.24, 2.45) is 5.92 Å². The largest absolute Gasteiger partial charge is 0.548 e. The van der Waals surface area contributed by atoms with E-state index < -0.39 is 12.0 Å². The quantitative estimate of drug-likeness (QED) is 0.393. The number of aliphatic carboxylic acids is 1. The zero-order valence-corrected chi connectivity index (χ0v) is 22.8. The average molecular weight is 510 g/mol. The topological polar surface area (TPSA) is 81.3 Å². The molecule has 6 heteroatoms. The normalized spacial score (nSPS) is 15.9. The minimum absolute atomic E-state index is 0.330. The predicted octanol–water partition coefficient (Wildman–Crippen LogP) is 5.10. The molecule has 0 unspecified atom stereocenters. The van der Waals surface area contributed by atoms with E-state index in [4.69, 9.17) is 0 Å². The minimum atomic E-state index is -1.25. The molecular weight excluding hydrogens is 468 g/mol. The average Bonchev–Trinajstić information content (AvgIpc) is 2.89. The summed E-state index contributed by atoms with van der Waals surface area (Å²) in [7, 11) is 0. The van der Waals surface area contributed by atoms with E-state index in [-0.39, 0.29) is 5.91 Å². The first kappa shape index (κ1) is 28.3. The molecule has 1 amide bonds. The Labute approximate surface area is 220 Å². The maximum Gasteiger partial charge on any atom is 0.252 e. The van der Waals surface area contributed by atoms with Crippen LogP contribution in [-0.4, -0.2) is 36.0 Å². The van der Waals surface area contributed by atoms with E-state index in [1.54, 1.807) is 11.8 Å². The van der Waals surface area contributed by atoms with Gasteiger partial charge in [0, 0.05) is 18.2 Å². The summed E-state index contributed by atoms with van der Waals surface area (Å²) in [5, 5.41) is 18.1. The molecule has 2 N–H and O–H groups in total. The number of carbonyl (C=O) groups excluding carboxylic acids is 2. The van der Waals surface area contributed by atoms with Gasteiger partial charge in [0.15, 0.2) is 0 Å². The van der Waals surface area contributed by atoms with E-state index in [0.29, 0.717) is 23.8 Å². The number of carboxylic acids is 1. The van der Waals surface area contributed by atoms with Crippen LogP contribution in [0.2, 0.25) is 0 Å². The number of carbonyl (C=O) groups is 2. The smallest absolute Gasteiger partial charge is 0.252 e. The van der Waals surface area contributed by atoms with E-state index in [1.165, 1.54) is 38.5 Å². The fourth-order valence-electron chi connectivity index (χ4n) is 5.20. The summed E-state index contributed by atoms with van der Waals surface area (Å²) in [6, 6.07) is 13.4. The van der Waals surface area contributed by atoms with E-state index in [9.17, 15) is 14.7 Å². The van der Waals surface area contributed by atoms with Crippen molar-refractivity contribution in [1.82, 2.24) is 10.6 Å². The molecule has 2 aromatic carbocycles. The molecule has 3 rings (SSSR count). The molecule has 0 aliphatic heterocycles. The third-order valence-corrected chi connectivity index (χ3v) is 8.04. The standard InChI is InChI=1S/C30H42N2O3S/c1-4-24(18-22-11-6-5-7-12-22)31-20-23-14-15-26(27(19-23)25-13-9-8-10-21(25)2)29(33)32-28(30(34)35)16-17-36-3/h8-10,13-15,19,22,24,28,31H,4-7,11-12,16-18,20H2,1-3H3,(H,32,33)(H,34,35)/p-1/t24-,28+/m1/s1. The maximum atomic E-state index is 13.2. The van der Waals surface area contributed by atoms with E-state index in [1.807, 2.05) is 49.6 Å². The molecule has 0 aromatic heterocycles. The second kappa shape index (κ2) is 14.4. The second-order valence-corrected chi connectivity index (χ2v) is 11.0. The van der Waals surface area contributed by atoms with Crippen molar-refractivity contribution in [1.29, 1.82) is 0 Å². The molecule has 1 saturated carbocycles. The van der Waals surface area contributed by atoms with E-state index in [0.717, 1.165) is 41.1 Å². The molecule has 1 aliphatic carbocycles. The number of amides is 1. The van der Waals surface area contributed by atoms with Gasteiger partial charge in [0.1, 0.15) is 0 Å². The van der Waals surface area contributed by atoms with Gasteiger partial charge in [-0.1, -0.05) is 69.4 Å². The number of thioether (sulfide) groups is 1. The SMILES string of the molecule is CC[C@H](CC1CCCCC1)NCc1ccc(C(=O)N[C@@H](CCSC)C(=O)[O-])c(-c2ccccc2C)c1. The number of nitrogens with one attached hydrogen (secondary N) is 2. The lowest BCUT2D eigenvalue weighted by atomic mass is 9.84. The Morgan fingerprint density at radius 3 is 2.50 bits per heavy atom. The van der Waals surface area contributed by atoms with Gasteiger partial charge < -0.3 is 20.5 Å². The van der Waals surface area contributed by atoms with Crippen LogP contribution in [0.25, 0.3) is 11.1 Å². The molecule has 2 aromatic rings. The van der Waals surface area contributed by atoms with Crippen LogP contribution < -0.4 is 15.7 Å². The fourth-order valence-corrected chi connectivity index (χ4v) is 5.67. The van der Waals surface area contributed by atoms with Gasteiger partial charge in [0.05, 0.1) is 12.0 Å². The molecule has 1 fully saturated rings. The summed E-state index contributed by atoms with van der Waals surface area (Å²) in [5.74, 6) is -0.174. The first-order valence-electron chi connectivity index (χ1n) is 13.4. The Morgan fingerprint density at radius 1 is 1.08 bits per heavy atom. The van der Waals surface area contributed by atoms with Gasteiger partial charge in [-0.3, -0.25) is 4.79 Å². The van der Waals surface area contributed by atoms with Crippen molar-refractivity contribution < 1.29 is 14.7 Å². The first-order chi connectivity index (χ1) is 17.4. The van der Waals surface area contributed by atoms with Crippen LogP contribution >= 0.6 is 11.8 Å². The van der Waals surface area contributed by atoms with Crippen LogP contribution in [-0.2, 0) is 11.3 Å². The Bertz CT molecular complexity index is 1000. The highest BCUT2D eigenvalue weighted by atomic mass is 32.2. The van der Waals surface area contributed by atoms with Crippen LogP contribution in [0.3, 0.4) is 0 Å². The number of carboxylic acid groups (broad SMARTS) is 1. The molecular formula is C30H41N2O3S-. The van der Waals surface area contributed by atoms with Crippen molar-refractivity contribution in [3.63, 3.8) is 0 Å². The number of aryl methyl sites for hydroxylation is 1. The zero-order valence-electron chi connectivity index (χ0n) is 22.0. The van der Waals surface area contributed by atoms with E-state index >= 15 is 0 Å². The molecule has 0 bridgehead atoms. The summed E-state index contributed by atoms with van der Waals surface area (Å²) < 4.78 is 0. The first-order valence-corrected chi connectivity index (χ1v) is 14.7. The van der Waals surface area contributed by atoms with Crippen LogP contribution in [0.5, 0.6) is 0 Å². The molecule has 196 valence electrons. The summed E-state index contributed by atoms with van der Waals surface area (Å²) in [6.07, 6.45) is 11.4. The molecule has 36 heavy (non-hydrogen) atoms. The molecule has 5 nitrogen and oxygen atoms in total. The fraction of sp³-hybridized carbons (Fsp3) is 0.533. The summed E-state index contributed by atoms with van der Waals surface area (Å²) >= 11 is 1.55. The van der Waals surface area contributed by atoms with Crippen LogP contribution in [0.1, 0.15) is 79.8 Å². The van der Waals surface area contributed by atoms with Crippen molar-refractivity contribution in [3.05, 3.63) is 59.2 Å². The monoisotopic (exact) mass is 509 g/mol. The molecule has 2 atom stereocenters. The Hall–Kier alpha value is -2.31. The van der Waals surface area contributed by atoms with Crippen molar-refractivity contribution in [3.8, 4) is 11.1 Å². The third kappa shape index (κ3) is 8.10. The third-order valence-electron chi connectivity index (χ3n) is 7.39. The van der Waals surface area contributed by atoms with Crippen LogP contribution in [0.4, 0.5) is 0 Å². The number of benzene rings is 2. The van der Waals surface area contributed by atoms with Gasteiger partial charge >= 0.3 is 0 Å². The summed E-state index contributed by atoms with van der Waals surface area (Å²) in [4.78, 5) is 24.9. The lowest BCUT2D eigenvalue weighted by Gasteiger charge is -2.27. The Morgan fingerprint density at radius 2 is 1.83 bits per heavy atom. The zero-order chi connectivity index (χ0) is 25.9. The number of hydrogen-bond acceptors (Lipinski definition) is 5. The predicted molar refractivity (Wildman–Crippen MR) is 148 cm³/mol. The molecule has 0 radical (unpaired) electrons. The van der Waals surface area contributed by atoms with Gasteiger partial charge in [-0.15, -0.1) is 0 Å². The summed E-state index contributed by atoms with van der Waals surface area (Å²) in [5.41, 5.74) is 4.47. The molecule has 0 heterocycles. The van der Waals surface area contributed by atoms with Gasteiger partial charge in [0.2, 0.25) is 0 Å². The van der Waals surface area contributed by atoms with Crippen molar-refractivity contribution >= 4 is 23.6 Å². The minimum Gasteiger partial charge on any atom is -0.548 e. The molecule has 1 aliphatic rings. The van der Waals surface area contributed by atoms with Crippen molar-refractivity contribution in [2.75, 3.05) is 12.0 Å². The second-order valence-electron chi connectivity index (χ2n) is 10.0. The van der Waals surface area contributed by atoms with Gasteiger partial charge in [-0.05, 0) is 78.5 Å². The van der Waals surface area contributed by atoms with Crippen LogP contribution in [0.15, 0.2) is 42.5 Å². The van der Waals surface area contributed by atoms with Gasteiger partial charge in [0.25, 0.3) is 5.91 Å². The molecule has 0 spiro atoms. The highest BCUT2D eigenvalue weighted by Crippen LogP contribution is 2.30. The lowest BCUT2D eigenvalue weighted by Crippen LogP contribution is -2.48. The van der Waals surface area contributed by atoms with E-state index in [2.05, 4.69) is 23.6 Å². The Kier molecular flexibility index (Phi) is 11.3. The van der Waals surface area contributed by atoms with Gasteiger partial charge in [-0.25, -0.2) is 0 Å². The summed E-state index contributed by atoms with van der Waals surface area (Å²) in [6.45, 7) is 5.01. The van der Waals surface area contributed by atoms with Crippen LogP contribution in [0, 0.1) is 12.8 Å². The van der Waals surface area contributed by atoms with Gasteiger partial charge in [-0.2, -0.15) is 11.8 Å². The maximum absolute atomic E-state index is 13.2. The lowest BCUT2D eigenvalue weighted by molar-refractivity contribution is -0.308. The highest BCUT2D eigenvalue weighted by molar-refractivity contribution is 7.98. The Balaban J connectivity index is 1.81.